The molecule has 0 saturated carbocycles. The van der Waals surface area contributed by atoms with Gasteiger partial charge in [0.05, 0.1) is 5.38 Å². The zero-order chi connectivity index (χ0) is 11.8. The van der Waals surface area contributed by atoms with Crippen molar-refractivity contribution in [1.29, 1.82) is 0 Å². The highest BCUT2D eigenvalue weighted by atomic mass is 35.5. The molecule has 0 aliphatic rings. The zero-order valence-corrected chi connectivity index (χ0v) is 10.7. The molecule has 1 aromatic rings. The van der Waals surface area contributed by atoms with Crippen LogP contribution in [0.15, 0.2) is 12.1 Å². The third-order valence-corrected chi connectivity index (χ3v) is 3.42. The fraction of sp³-hybridized carbons (Fsp3) is 0.538. The van der Waals surface area contributed by atoms with Crippen molar-refractivity contribution >= 4 is 11.6 Å². The first kappa shape index (κ1) is 12.5. The van der Waals surface area contributed by atoms with E-state index in [0.717, 1.165) is 5.56 Å². The topological polar surface area (TPSA) is 0 Å². The number of halogens is 2. The predicted octanol–water partition coefficient (Wildman–Crippen LogP) is 4.77. The van der Waals surface area contributed by atoms with Gasteiger partial charge in [0.25, 0.3) is 0 Å². The summed E-state index contributed by atoms with van der Waals surface area (Å²) in [6.45, 7) is 9.80. The maximum Gasteiger partial charge on any atom is 0.129 e. The van der Waals surface area contributed by atoms with Gasteiger partial charge in [-0.2, -0.15) is 0 Å². The second-order valence-electron chi connectivity index (χ2n) is 5.20. The van der Waals surface area contributed by atoms with E-state index in [-0.39, 0.29) is 16.6 Å². The second kappa shape index (κ2) is 4.13. The molecule has 0 aromatic heterocycles. The lowest BCUT2D eigenvalue weighted by atomic mass is 9.86. The molecule has 0 spiro atoms. The molecule has 0 heterocycles. The maximum atomic E-state index is 13.4. The number of aryl methyl sites for hydroxylation is 2. The number of benzene rings is 1. The number of hydrogen-bond donors (Lipinski definition) is 0. The van der Waals surface area contributed by atoms with Crippen LogP contribution >= 0.6 is 11.6 Å². The molecule has 1 unspecified atom stereocenters. The summed E-state index contributed by atoms with van der Waals surface area (Å²) in [5.74, 6) is -0.128. The van der Waals surface area contributed by atoms with Crippen molar-refractivity contribution < 1.29 is 4.39 Å². The van der Waals surface area contributed by atoms with E-state index < -0.39 is 0 Å². The van der Waals surface area contributed by atoms with Crippen LogP contribution < -0.4 is 0 Å². The standard InChI is InChI=1S/C13H18ClF/c1-8-6-10(7-9(2)11(8)15)12(14)13(3,4)5/h6-7,12H,1-5H3. The summed E-state index contributed by atoms with van der Waals surface area (Å²) < 4.78 is 13.4. The first-order chi connectivity index (χ1) is 6.73. The van der Waals surface area contributed by atoms with Gasteiger partial charge in [0.1, 0.15) is 5.82 Å². The van der Waals surface area contributed by atoms with E-state index in [1.165, 1.54) is 0 Å². The highest BCUT2D eigenvalue weighted by molar-refractivity contribution is 6.21. The molecule has 0 bridgehead atoms. The maximum absolute atomic E-state index is 13.4. The predicted molar refractivity (Wildman–Crippen MR) is 63.9 cm³/mol. The SMILES string of the molecule is Cc1cc(C(Cl)C(C)(C)C)cc(C)c1F. The minimum atomic E-state index is -0.128. The van der Waals surface area contributed by atoms with Crippen LogP contribution in [0.4, 0.5) is 4.39 Å². The van der Waals surface area contributed by atoms with Crippen LogP contribution in [-0.2, 0) is 0 Å². The van der Waals surface area contributed by atoms with E-state index in [4.69, 9.17) is 11.6 Å². The van der Waals surface area contributed by atoms with E-state index in [1.807, 2.05) is 12.1 Å². The molecule has 1 atom stereocenters. The molecule has 0 aliphatic heterocycles. The first-order valence-electron chi connectivity index (χ1n) is 5.14. The molecule has 2 heteroatoms. The average molecular weight is 229 g/mol. The van der Waals surface area contributed by atoms with Gasteiger partial charge in [0.15, 0.2) is 0 Å². The molecule has 0 N–H and O–H groups in total. The van der Waals surface area contributed by atoms with Gasteiger partial charge < -0.3 is 0 Å². The summed E-state index contributed by atoms with van der Waals surface area (Å²) in [6, 6.07) is 3.68. The molecule has 1 rings (SSSR count). The van der Waals surface area contributed by atoms with E-state index in [0.29, 0.717) is 11.1 Å². The largest absolute Gasteiger partial charge is 0.206 e. The van der Waals surface area contributed by atoms with Gasteiger partial charge in [-0.15, -0.1) is 11.6 Å². The van der Waals surface area contributed by atoms with Crippen LogP contribution in [0.2, 0.25) is 0 Å². The lowest BCUT2D eigenvalue weighted by Gasteiger charge is -2.26. The van der Waals surface area contributed by atoms with Crippen molar-refractivity contribution in [3.05, 3.63) is 34.6 Å². The first-order valence-corrected chi connectivity index (χ1v) is 5.58. The Balaban J connectivity index is 3.17. The highest BCUT2D eigenvalue weighted by Crippen LogP contribution is 2.39. The van der Waals surface area contributed by atoms with Crippen molar-refractivity contribution in [3.63, 3.8) is 0 Å². The lowest BCUT2D eigenvalue weighted by Crippen LogP contribution is -2.13. The average Bonchev–Trinajstić information content (AvgIpc) is 2.10. The van der Waals surface area contributed by atoms with Crippen molar-refractivity contribution in [2.24, 2.45) is 5.41 Å². The Bertz CT molecular complexity index is 340. The lowest BCUT2D eigenvalue weighted by molar-refractivity contribution is 0.395. The van der Waals surface area contributed by atoms with Crippen molar-refractivity contribution in [2.75, 3.05) is 0 Å². The third kappa shape index (κ3) is 2.72. The van der Waals surface area contributed by atoms with Gasteiger partial charge in [-0.3, -0.25) is 0 Å². The molecule has 1 aromatic carbocycles. The smallest absolute Gasteiger partial charge is 0.129 e. The fourth-order valence-electron chi connectivity index (χ4n) is 1.63. The van der Waals surface area contributed by atoms with Crippen LogP contribution in [0.5, 0.6) is 0 Å². The highest BCUT2D eigenvalue weighted by Gasteiger charge is 2.24. The minimum Gasteiger partial charge on any atom is -0.206 e. The van der Waals surface area contributed by atoms with E-state index in [9.17, 15) is 4.39 Å². The Morgan fingerprint density at radius 3 is 1.87 bits per heavy atom. The van der Waals surface area contributed by atoms with Crippen LogP contribution in [0, 0.1) is 25.1 Å². The van der Waals surface area contributed by atoms with Gasteiger partial charge >= 0.3 is 0 Å². The molecule has 0 amide bonds. The van der Waals surface area contributed by atoms with Crippen molar-refractivity contribution in [1.82, 2.24) is 0 Å². The molecular formula is C13H18ClF. The summed E-state index contributed by atoms with van der Waals surface area (Å²) >= 11 is 6.36. The summed E-state index contributed by atoms with van der Waals surface area (Å²) in [4.78, 5) is 0. The monoisotopic (exact) mass is 228 g/mol. The molecule has 84 valence electrons. The Hall–Kier alpha value is -0.560. The zero-order valence-electron chi connectivity index (χ0n) is 9.99. The fourth-order valence-corrected chi connectivity index (χ4v) is 1.75. The van der Waals surface area contributed by atoms with Gasteiger partial charge in [-0.25, -0.2) is 4.39 Å². The quantitative estimate of drug-likeness (QED) is 0.608. The number of hydrogen-bond acceptors (Lipinski definition) is 0. The molecule has 15 heavy (non-hydrogen) atoms. The molecule has 0 radical (unpaired) electrons. The van der Waals surface area contributed by atoms with Gasteiger partial charge in [-0.05, 0) is 36.0 Å². The van der Waals surface area contributed by atoms with Gasteiger partial charge in [0, 0.05) is 0 Å². The van der Waals surface area contributed by atoms with Crippen LogP contribution in [-0.4, -0.2) is 0 Å². The van der Waals surface area contributed by atoms with E-state index in [2.05, 4.69) is 20.8 Å². The second-order valence-corrected chi connectivity index (χ2v) is 5.63. The van der Waals surface area contributed by atoms with Crippen LogP contribution in [0.3, 0.4) is 0 Å². The number of alkyl halides is 1. The van der Waals surface area contributed by atoms with Gasteiger partial charge in [-0.1, -0.05) is 32.9 Å². The summed E-state index contributed by atoms with van der Waals surface area (Å²) in [6.07, 6.45) is 0. The molecule has 0 saturated heterocycles. The minimum absolute atomic E-state index is 0.0156. The molecule has 0 fully saturated rings. The molecule has 0 aliphatic carbocycles. The Morgan fingerprint density at radius 1 is 1.13 bits per heavy atom. The number of rotatable bonds is 1. The summed E-state index contributed by atoms with van der Waals surface area (Å²) in [7, 11) is 0. The van der Waals surface area contributed by atoms with E-state index >= 15 is 0 Å². The van der Waals surface area contributed by atoms with Crippen molar-refractivity contribution in [2.45, 2.75) is 40.0 Å². The van der Waals surface area contributed by atoms with E-state index in [1.54, 1.807) is 13.8 Å². The molecule has 0 nitrogen and oxygen atoms in total. The van der Waals surface area contributed by atoms with Crippen LogP contribution in [0.1, 0.15) is 42.8 Å². The summed E-state index contributed by atoms with van der Waals surface area (Å²) in [5, 5.41) is -0.0875. The Morgan fingerprint density at radius 2 is 1.53 bits per heavy atom. The Labute approximate surface area is 96.5 Å². The molecular weight excluding hydrogens is 211 g/mol. The van der Waals surface area contributed by atoms with Gasteiger partial charge in [0.2, 0.25) is 0 Å². The summed E-state index contributed by atoms with van der Waals surface area (Å²) in [5.41, 5.74) is 2.32. The normalized spacial score (nSPS) is 14.1. The Kier molecular flexibility index (Phi) is 3.44. The third-order valence-electron chi connectivity index (χ3n) is 2.51. The van der Waals surface area contributed by atoms with Crippen molar-refractivity contribution in [3.8, 4) is 0 Å². The van der Waals surface area contributed by atoms with Crippen LogP contribution in [0.25, 0.3) is 0 Å².